The van der Waals surface area contributed by atoms with E-state index in [2.05, 4.69) is 5.32 Å². The predicted molar refractivity (Wildman–Crippen MR) is 114 cm³/mol. The highest BCUT2D eigenvalue weighted by atomic mass is 32.2. The molecule has 1 N–H and O–H groups in total. The second kappa shape index (κ2) is 10.2. The number of pyridine rings is 1. The zero-order valence-corrected chi connectivity index (χ0v) is 18.2. The van der Waals surface area contributed by atoms with Gasteiger partial charge in [0, 0.05) is 25.2 Å². The number of nitrogens with one attached hydrogen (secondary N) is 1. The van der Waals surface area contributed by atoms with E-state index in [1.54, 1.807) is 20.8 Å². The number of hydrogen-bond donors (Lipinski definition) is 1. The topological polar surface area (TPSA) is 141 Å². The Morgan fingerprint density at radius 2 is 1.87 bits per heavy atom. The molecule has 0 bridgehead atoms. The second-order valence-corrected chi connectivity index (χ2v) is 8.28. The molecule has 2 aromatic rings. The van der Waals surface area contributed by atoms with E-state index in [1.165, 1.54) is 22.5 Å². The van der Waals surface area contributed by atoms with Gasteiger partial charge >= 0.3 is 0 Å². The normalized spacial score (nSPS) is 11.4. The number of aromatic nitrogens is 1. The van der Waals surface area contributed by atoms with E-state index in [0.29, 0.717) is 0 Å². The summed E-state index contributed by atoms with van der Waals surface area (Å²) in [6, 6.07) is 6.15. The minimum atomic E-state index is -3.78. The Kier molecular flexibility index (Phi) is 7.89. The van der Waals surface area contributed by atoms with E-state index in [4.69, 9.17) is 4.74 Å². The fourth-order valence-corrected chi connectivity index (χ4v) is 4.34. The first-order valence-corrected chi connectivity index (χ1v) is 11.0. The van der Waals surface area contributed by atoms with Crippen molar-refractivity contribution in [2.45, 2.75) is 32.2 Å². The lowest BCUT2D eigenvalue weighted by Crippen LogP contribution is -2.31. The summed E-state index contributed by atoms with van der Waals surface area (Å²) in [5.41, 5.74) is -0.822. The highest BCUT2D eigenvalue weighted by Gasteiger charge is 2.23. The van der Waals surface area contributed by atoms with Gasteiger partial charge in [0.2, 0.25) is 15.9 Å². The number of anilines is 1. The van der Waals surface area contributed by atoms with Gasteiger partial charge in [-0.05, 0) is 25.1 Å². The van der Waals surface area contributed by atoms with Gasteiger partial charge in [-0.3, -0.25) is 24.3 Å². The number of nitrogens with zero attached hydrogens (tertiary/aromatic N) is 3. The fraction of sp³-hybridized carbons (Fsp3) is 0.368. The third kappa shape index (κ3) is 5.67. The summed E-state index contributed by atoms with van der Waals surface area (Å²) < 4.78 is 33.2. The van der Waals surface area contributed by atoms with Gasteiger partial charge in [0.25, 0.3) is 11.2 Å². The van der Waals surface area contributed by atoms with E-state index in [0.717, 1.165) is 22.9 Å². The third-order valence-corrected chi connectivity index (χ3v) is 6.41. The number of amides is 1. The Morgan fingerprint density at radius 3 is 2.45 bits per heavy atom. The molecule has 0 atom stereocenters. The maximum absolute atomic E-state index is 12.8. The predicted octanol–water partition coefficient (Wildman–Crippen LogP) is 1.82. The fourth-order valence-electron chi connectivity index (χ4n) is 2.86. The second-order valence-electron chi connectivity index (χ2n) is 6.34. The molecule has 12 heteroatoms. The van der Waals surface area contributed by atoms with Crippen LogP contribution in [0, 0.1) is 10.1 Å². The minimum Gasteiger partial charge on any atom is -0.492 e. The Morgan fingerprint density at radius 1 is 1.19 bits per heavy atom. The number of rotatable bonds is 10. The van der Waals surface area contributed by atoms with Crippen LogP contribution in [0.2, 0.25) is 0 Å². The molecule has 1 aromatic heterocycles. The van der Waals surface area contributed by atoms with Crippen LogP contribution >= 0.6 is 0 Å². The number of carbonyl (C=O) groups excluding carboxylic acids is 1. The molecule has 0 aliphatic carbocycles. The molecular weight excluding hydrogens is 428 g/mol. The Balaban J connectivity index is 2.36. The first-order valence-electron chi connectivity index (χ1n) is 9.55. The molecule has 1 amide bonds. The third-order valence-electron chi connectivity index (χ3n) is 4.36. The monoisotopic (exact) mass is 452 g/mol. The molecule has 0 unspecified atom stereocenters. The van der Waals surface area contributed by atoms with Crippen LogP contribution in [0.1, 0.15) is 20.8 Å². The zero-order valence-electron chi connectivity index (χ0n) is 17.4. The van der Waals surface area contributed by atoms with Crippen molar-refractivity contribution in [2.75, 3.05) is 25.0 Å². The van der Waals surface area contributed by atoms with Crippen LogP contribution in [0.15, 0.2) is 46.2 Å². The van der Waals surface area contributed by atoms with E-state index in [1.807, 2.05) is 0 Å². The number of benzene rings is 1. The minimum absolute atomic E-state index is 0.0255. The molecule has 0 radical (unpaired) electrons. The molecule has 0 aliphatic rings. The molecule has 0 saturated carbocycles. The lowest BCUT2D eigenvalue weighted by molar-refractivity contribution is -0.385. The molecule has 2 rings (SSSR count). The van der Waals surface area contributed by atoms with Crippen LogP contribution in [0.3, 0.4) is 0 Å². The summed E-state index contributed by atoms with van der Waals surface area (Å²) in [5, 5.41) is 13.4. The summed E-state index contributed by atoms with van der Waals surface area (Å²) in [7, 11) is -3.78. The maximum atomic E-state index is 12.8. The lowest BCUT2D eigenvalue weighted by Gasteiger charge is -2.20. The van der Waals surface area contributed by atoms with Crippen molar-refractivity contribution in [3.05, 3.63) is 57.0 Å². The SMILES string of the molecule is CCOc1ccc(S(=O)(=O)N(CC)CC)cc1NC(=O)Cn1cc([N+](=O)[O-])ccc1=O. The van der Waals surface area contributed by atoms with E-state index < -0.39 is 33.0 Å². The number of sulfonamides is 1. The molecule has 0 aliphatic heterocycles. The Hall–Kier alpha value is -3.25. The van der Waals surface area contributed by atoms with Crippen molar-refractivity contribution in [3.63, 3.8) is 0 Å². The average molecular weight is 452 g/mol. The summed E-state index contributed by atoms with van der Waals surface area (Å²) >= 11 is 0. The molecule has 1 heterocycles. The van der Waals surface area contributed by atoms with Gasteiger partial charge in [0.1, 0.15) is 12.3 Å². The van der Waals surface area contributed by atoms with Crippen LogP contribution < -0.4 is 15.6 Å². The molecule has 0 spiro atoms. The van der Waals surface area contributed by atoms with Crippen molar-refractivity contribution in [3.8, 4) is 5.75 Å². The van der Waals surface area contributed by atoms with Crippen LogP contribution in [-0.2, 0) is 21.4 Å². The molecule has 0 fully saturated rings. The van der Waals surface area contributed by atoms with Gasteiger partial charge in [0.15, 0.2) is 0 Å². The number of nitro groups is 1. The molecule has 1 aromatic carbocycles. The van der Waals surface area contributed by atoms with Crippen molar-refractivity contribution in [1.82, 2.24) is 8.87 Å². The summed E-state index contributed by atoms with van der Waals surface area (Å²) in [6.07, 6.45) is 0.965. The summed E-state index contributed by atoms with van der Waals surface area (Å²) in [6.45, 7) is 5.50. The van der Waals surface area contributed by atoms with Crippen molar-refractivity contribution in [2.24, 2.45) is 0 Å². The zero-order chi connectivity index (χ0) is 23.2. The van der Waals surface area contributed by atoms with E-state index in [-0.39, 0.29) is 41.7 Å². The lowest BCUT2D eigenvalue weighted by atomic mass is 10.3. The van der Waals surface area contributed by atoms with Gasteiger partial charge < -0.3 is 10.1 Å². The van der Waals surface area contributed by atoms with Crippen molar-refractivity contribution < 1.29 is 22.9 Å². The number of carbonyl (C=O) groups is 1. The standard InChI is InChI=1S/C19H24N4O7S/c1-4-22(5-2)31(28,29)15-8-9-17(30-6-3)16(11-15)20-18(24)13-21-12-14(23(26)27)7-10-19(21)25/h7-12H,4-6,13H2,1-3H3,(H,20,24). The van der Waals surface area contributed by atoms with Crippen molar-refractivity contribution in [1.29, 1.82) is 0 Å². The van der Waals surface area contributed by atoms with Gasteiger partial charge in [-0.2, -0.15) is 4.31 Å². The van der Waals surface area contributed by atoms with Crippen molar-refractivity contribution >= 4 is 27.3 Å². The number of hydrogen-bond acceptors (Lipinski definition) is 7. The highest BCUT2D eigenvalue weighted by molar-refractivity contribution is 7.89. The van der Waals surface area contributed by atoms with Crippen LogP contribution in [0.4, 0.5) is 11.4 Å². The number of ether oxygens (including phenoxy) is 1. The van der Waals surface area contributed by atoms with E-state index in [9.17, 15) is 28.1 Å². The first kappa shape index (κ1) is 24.0. The molecule has 11 nitrogen and oxygen atoms in total. The van der Waals surface area contributed by atoms with Gasteiger partial charge in [-0.1, -0.05) is 13.8 Å². The van der Waals surface area contributed by atoms with E-state index >= 15 is 0 Å². The molecule has 168 valence electrons. The van der Waals surface area contributed by atoms with Crippen LogP contribution in [-0.4, -0.2) is 47.8 Å². The molecule has 31 heavy (non-hydrogen) atoms. The quantitative estimate of drug-likeness (QED) is 0.428. The Labute approximate surface area is 179 Å². The average Bonchev–Trinajstić information content (AvgIpc) is 2.71. The van der Waals surface area contributed by atoms with Gasteiger partial charge in [-0.25, -0.2) is 8.42 Å². The highest BCUT2D eigenvalue weighted by Crippen LogP contribution is 2.29. The van der Waals surface area contributed by atoms with Gasteiger partial charge in [0.05, 0.1) is 28.3 Å². The van der Waals surface area contributed by atoms with Crippen LogP contribution in [0.25, 0.3) is 0 Å². The summed E-state index contributed by atoms with van der Waals surface area (Å²) in [4.78, 5) is 34.7. The molecule has 0 saturated heterocycles. The smallest absolute Gasteiger partial charge is 0.285 e. The maximum Gasteiger partial charge on any atom is 0.285 e. The largest absolute Gasteiger partial charge is 0.492 e. The van der Waals surface area contributed by atoms with Gasteiger partial charge in [-0.15, -0.1) is 0 Å². The van der Waals surface area contributed by atoms with Crippen LogP contribution in [0.5, 0.6) is 5.75 Å². The first-order chi connectivity index (χ1) is 14.6. The molecular formula is C19H24N4O7S. The Bertz CT molecular complexity index is 1120. The summed E-state index contributed by atoms with van der Waals surface area (Å²) in [5.74, 6) is -0.429.